The van der Waals surface area contributed by atoms with Crippen molar-refractivity contribution >= 4 is 34.7 Å². The Balaban J connectivity index is 2.24. The molecule has 0 saturated heterocycles. The molecule has 1 fully saturated rings. The average Bonchev–Trinajstić information content (AvgIpc) is 2.65. The molecule has 1 aliphatic carbocycles. The van der Waals surface area contributed by atoms with Gasteiger partial charge in [0.1, 0.15) is 0 Å². The molecule has 5 heteroatoms. The van der Waals surface area contributed by atoms with Crippen molar-refractivity contribution in [3.63, 3.8) is 0 Å². The van der Waals surface area contributed by atoms with Gasteiger partial charge in [-0.05, 0) is 37.5 Å². The van der Waals surface area contributed by atoms with Crippen LogP contribution < -0.4 is 11.1 Å². The molecular formula is C16H21ClN2OS. The second kappa shape index (κ2) is 6.75. The lowest BCUT2D eigenvalue weighted by molar-refractivity contribution is 0.0917. The van der Waals surface area contributed by atoms with Crippen LogP contribution in [0.25, 0.3) is 0 Å². The van der Waals surface area contributed by atoms with E-state index in [1.807, 2.05) is 13.0 Å². The molecule has 1 amide bonds. The van der Waals surface area contributed by atoms with Gasteiger partial charge in [0, 0.05) is 0 Å². The number of hydrogen-bond donors (Lipinski definition) is 2. The minimum Gasteiger partial charge on any atom is -0.391 e. The molecule has 1 saturated carbocycles. The number of thiocarbonyl (C=S) groups is 1. The average molecular weight is 325 g/mol. The summed E-state index contributed by atoms with van der Waals surface area (Å²) < 4.78 is 0. The summed E-state index contributed by atoms with van der Waals surface area (Å²) in [5, 5.41) is 3.52. The molecule has 2 rings (SSSR count). The smallest absolute Gasteiger partial charge is 0.253 e. The number of benzene rings is 1. The molecule has 0 spiro atoms. The highest BCUT2D eigenvalue weighted by atomic mass is 35.5. The summed E-state index contributed by atoms with van der Waals surface area (Å²) in [5.74, 6) is -0.199. The van der Waals surface area contributed by atoms with Gasteiger partial charge < -0.3 is 11.1 Å². The van der Waals surface area contributed by atoms with E-state index < -0.39 is 5.54 Å². The van der Waals surface area contributed by atoms with Crippen LogP contribution >= 0.6 is 23.8 Å². The summed E-state index contributed by atoms with van der Waals surface area (Å²) >= 11 is 11.4. The minimum absolute atomic E-state index is 0.199. The Morgan fingerprint density at radius 3 is 2.43 bits per heavy atom. The Labute approximate surface area is 136 Å². The first-order chi connectivity index (χ1) is 9.94. The molecule has 0 aliphatic heterocycles. The van der Waals surface area contributed by atoms with Crippen LogP contribution in [0.15, 0.2) is 18.2 Å². The van der Waals surface area contributed by atoms with Crippen molar-refractivity contribution in [2.75, 3.05) is 0 Å². The van der Waals surface area contributed by atoms with Crippen LogP contribution in [0.3, 0.4) is 0 Å². The van der Waals surface area contributed by atoms with Crippen LogP contribution in [0.2, 0.25) is 5.02 Å². The number of carbonyl (C=O) groups is 1. The van der Waals surface area contributed by atoms with Crippen LogP contribution in [0.5, 0.6) is 0 Å². The fraction of sp³-hybridized carbons (Fsp3) is 0.500. The van der Waals surface area contributed by atoms with E-state index in [0.717, 1.165) is 44.1 Å². The van der Waals surface area contributed by atoms with E-state index in [0.29, 0.717) is 15.6 Å². The molecule has 0 bridgehead atoms. The van der Waals surface area contributed by atoms with E-state index >= 15 is 0 Å². The zero-order valence-electron chi connectivity index (χ0n) is 12.2. The zero-order chi connectivity index (χ0) is 15.5. The molecular weight excluding hydrogens is 304 g/mol. The minimum atomic E-state index is -0.572. The van der Waals surface area contributed by atoms with Crippen molar-refractivity contribution in [1.82, 2.24) is 5.32 Å². The summed E-state index contributed by atoms with van der Waals surface area (Å²) in [4.78, 5) is 12.9. The van der Waals surface area contributed by atoms with Gasteiger partial charge in [0.25, 0.3) is 5.91 Å². The van der Waals surface area contributed by atoms with Crippen molar-refractivity contribution < 1.29 is 4.79 Å². The van der Waals surface area contributed by atoms with Gasteiger partial charge in [-0.25, -0.2) is 0 Å². The third-order valence-electron chi connectivity index (χ3n) is 4.15. The number of halogens is 1. The molecule has 0 atom stereocenters. The fourth-order valence-corrected chi connectivity index (χ4v) is 3.43. The highest BCUT2D eigenvalue weighted by Crippen LogP contribution is 2.28. The third kappa shape index (κ3) is 3.74. The summed E-state index contributed by atoms with van der Waals surface area (Å²) in [6.45, 7) is 1.94. The van der Waals surface area contributed by atoms with Gasteiger partial charge in [0.15, 0.2) is 0 Å². The number of hydrogen-bond acceptors (Lipinski definition) is 2. The van der Waals surface area contributed by atoms with Gasteiger partial charge in [0.2, 0.25) is 0 Å². The summed E-state index contributed by atoms with van der Waals surface area (Å²) in [5.41, 5.74) is 6.87. The Morgan fingerprint density at radius 2 is 1.90 bits per heavy atom. The SMILES string of the molecule is Cc1ccc(C(=O)NC2(C(N)=S)CCCCCC2)c(Cl)c1. The van der Waals surface area contributed by atoms with E-state index in [1.165, 1.54) is 0 Å². The van der Waals surface area contributed by atoms with Crippen LogP contribution in [-0.4, -0.2) is 16.4 Å². The first-order valence-corrected chi connectivity index (χ1v) is 8.12. The van der Waals surface area contributed by atoms with E-state index in [-0.39, 0.29) is 5.91 Å². The zero-order valence-corrected chi connectivity index (χ0v) is 13.8. The maximum atomic E-state index is 12.6. The molecule has 0 unspecified atom stereocenters. The normalized spacial score (nSPS) is 17.8. The van der Waals surface area contributed by atoms with Crippen LogP contribution in [0, 0.1) is 6.92 Å². The van der Waals surface area contributed by atoms with Crippen molar-refractivity contribution in [2.45, 2.75) is 51.0 Å². The topological polar surface area (TPSA) is 55.1 Å². The van der Waals surface area contributed by atoms with Gasteiger partial charge >= 0.3 is 0 Å². The molecule has 1 aromatic rings. The number of carbonyl (C=O) groups excluding carboxylic acids is 1. The molecule has 0 aromatic heterocycles. The van der Waals surface area contributed by atoms with E-state index in [4.69, 9.17) is 29.6 Å². The van der Waals surface area contributed by atoms with Gasteiger partial charge in [-0.2, -0.15) is 0 Å². The number of amides is 1. The van der Waals surface area contributed by atoms with Crippen LogP contribution in [0.1, 0.15) is 54.4 Å². The quantitative estimate of drug-likeness (QED) is 0.657. The predicted molar refractivity (Wildman–Crippen MR) is 90.9 cm³/mol. The fourth-order valence-electron chi connectivity index (χ4n) is 2.85. The third-order valence-corrected chi connectivity index (χ3v) is 4.85. The van der Waals surface area contributed by atoms with Crippen molar-refractivity contribution in [3.8, 4) is 0 Å². The first kappa shape index (κ1) is 16.2. The van der Waals surface area contributed by atoms with Gasteiger partial charge in [-0.15, -0.1) is 0 Å². The standard InChI is InChI=1S/C16H21ClN2OS/c1-11-6-7-12(13(17)10-11)14(20)19-16(15(18)21)8-4-2-3-5-9-16/h6-7,10H,2-5,8-9H2,1H3,(H2,18,21)(H,19,20). The Bertz CT molecular complexity index is 551. The molecule has 114 valence electrons. The van der Waals surface area contributed by atoms with Crippen molar-refractivity contribution in [3.05, 3.63) is 34.3 Å². The lowest BCUT2D eigenvalue weighted by Crippen LogP contribution is -2.56. The summed E-state index contributed by atoms with van der Waals surface area (Å²) in [7, 11) is 0. The van der Waals surface area contributed by atoms with Crippen LogP contribution in [-0.2, 0) is 0 Å². The Hall–Kier alpha value is -1.13. The predicted octanol–water partition coefficient (Wildman–Crippen LogP) is 3.76. The Morgan fingerprint density at radius 1 is 1.29 bits per heavy atom. The molecule has 1 aliphatic rings. The highest BCUT2D eigenvalue weighted by molar-refractivity contribution is 7.80. The molecule has 0 heterocycles. The van der Waals surface area contributed by atoms with Crippen LogP contribution in [0.4, 0.5) is 0 Å². The van der Waals surface area contributed by atoms with E-state index in [1.54, 1.807) is 12.1 Å². The molecule has 3 N–H and O–H groups in total. The first-order valence-electron chi connectivity index (χ1n) is 7.33. The number of aryl methyl sites for hydroxylation is 1. The highest BCUT2D eigenvalue weighted by Gasteiger charge is 2.36. The second-order valence-electron chi connectivity index (χ2n) is 5.80. The lowest BCUT2D eigenvalue weighted by Gasteiger charge is -2.33. The Kier molecular flexibility index (Phi) is 5.22. The monoisotopic (exact) mass is 324 g/mol. The maximum Gasteiger partial charge on any atom is 0.253 e. The summed E-state index contributed by atoms with van der Waals surface area (Å²) in [6.07, 6.45) is 5.98. The van der Waals surface area contributed by atoms with Crippen molar-refractivity contribution in [1.29, 1.82) is 0 Å². The van der Waals surface area contributed by atoms with Gasteiger partial charge in [0.05, 0.1) is 21.1 Å². The molecule has 21 heavy (non-hydrogen) atoms. The number of nitrogens with one attached hydrogen (secondary N) is 1. The van der Waals surface area contributed by atoms with Gasteiger partial charge in [-0.3, -0.25) is 4.79 Å². The second-order valence-corrected chi connectivity index (χ2v) is 6.65. The lowest BCUT2D eigenvalue weighted by atomic mass is 9.89. The molecule has 1 aromatic carbocycles. The maximum absolute atomic E-state index is 12.6. The number of nitrogens with two attached hydrogens (primary N) is 1. The largest absolute Gasteiger partial charge is 0.391 e. The van der Waals surface area contributed by atoms with E-state index in [2.05, 4.69) is 5.32 Å². The van der Waals surface area contributed by atoms with Gasteiger partial charge in [-0.1, -0.05) is 55.6 Å². The molecule has 3 nitrogen and oxygen atoms in total. The van der Waals surface area contributed by atoms with E-state index in [9.17, 15) is 4.79 Å². The van der Waals surface area contributed by atoms with Crippen molar-refractivity contribution in [2.24, 2.45) is 5.73 Å². The molecule has 0 radical (unpaired) electrons. The number of rotatable bonds is 3. The summed E-state index contributed by atoms with van der Waals surface area (Å²) in [6, 6.07) is 5.41.